The van der Waals surface area contributed by atoms with Crippen molar-refractivity contribution >= 4 is 0 Å². The van der Waals surface area contributed by atoms with Crippen molar-refractivity contribution in [1.82, 2.24) is 20.4 Å². The van der Waals surface area contributed by atoms with Crippen LogP contribution >= 0.6 is 0 Å². The molecule has 1 atom stereocenters. The van der Waals surface area contributed by atoms with Crippen molar-refractivity contribution in [3.8, 4) is 0 Å². The van der Waals surface area contributed by atoms with Crippen LogP contribution in [0.3, 0.4) is 0 Å². The van der Waals surface area contributed by atoms with Gasteiger partial charge in [-0.25, -0.2) is 0 Å². The first-order valence-corrected chi connectivity index (χ1v) is 7.21. The molecule has 18 heavy (non-hydrogen) atoms. The lowest BCUT2D eigenvalue weighted by Gasteiger charge is -2.15. The van der Waals surface area contributed by atoms with Crippen LogP contribution in [0.4, 0.5) is 0 Å². The van der Waals surface area contributed by atoms with Crippen LogP contribution in [-0.2, 0) is 6.54 Å². The van der Waals surface area contributed by atoms with Crippen LogP contribution in [0.5, 0.6) is 0 Å². The molecule has 0 bridgehead atoms. The average molecular weight is 250 g/mol. The number of nitrogens with one attached hydrogen (secondary N) is 2. The highest BCUT2D eigenvalue weighted by Gasteiger charge is 2.10. The first kappa shape index (κ1) is 13.6. The highest BCUT2D eigenvalue weighted by Crippen LogP contribution is 2.05. The largest absolute Gasteiger partial charge is 0.317 e. The first-order chi connectivity index (χ1) is 8.75. The Bertz CT molecular complexity index is 351. The molecule has 2 rings (SSSR count). The van der Waals surface area contributed by atoms with Crippen molar-refractivity contribution in [1.29, 1.82) is 0 Å². The third-order valence-electron chi connectivity index (χ3n) is 3.66. The average Bonchev–Trinajstić information content (AvgIpc) is 2.57. The van der Waals surface area contributed by atoms with Gasteiger partial charge in [0.15, 0.2) is 0 Å². The topological polar surface area (TPSA) is 41.9 Å². The predicted molar refractivity (Wildman–Crippen MR) is 74.8 cm³/mol. The molecule has 1 aliphatic heterocycles. The maximum absolute atomic E-state index is 4.49. The van der Waals surface area contributed by atoms with Crippen LogP contribution in [0.2, 0.25) is 0 Å². The van der Waals surface area contributed by atoms with Gasteiger partial charge in [-0.15, -0.1) is 0 Å². The Labute approximate surface area is 110 Å². The molecule has 102 valence electrons. The lowest BCUT2D eigenvalue weighted by Crippen LogP contribution is -2.31. The van der Waals surface area contributed by atoms with Gasteiger partial charge in [-0.05, 0) is 65.2 Å². The molecule has 0 spiro atoms. The molecule has 0 saturated carbocycles. The van der Waals surface area contributed by atoms with Gasteiger partial charge in [-0.1, -0.05) is 0 Å². The summed E-state index contributed by atoms with van der Waals surface area (Å²) in [6.45, 7) is 8.66. The third kappa shape index (κ3) is 4.10. The Hall–Kier alpha value is -0.870. The number of hydrogen-bond acceptors (Lipinski definition) is 3. The van der Waals surface area contributed by atoms with E-state index in [4.69, 9.17) is 0 Å². The van der Waals surface area contributed by atoms with E-state index < -0.39 is 0 Å². The van der Waals surface area contributed by atoms with E-state index in [-0.39, 0.29) is 0 Å². The highest BCUT2D eigenvalue weighted by atomic mass is 15.3. The SMILES string of the molecule is Cc1cc(C)n(CCCNC2CCCNCC2)n1. The molecule has 2 heterocycles. The molecule has 1 fully saturated rings. The molecular formula is C14H26N4. The minimum absolute atomic E-state index is 0.709. The van der Waals surface area contributed by atoms with E-state index in [0.29, 0.717) is 6.04 Å². The fourth-order valence-corrected chi connectivity index (χ4v) is 2.66. The van der Waals surface area contributed by atoms with Gasteiger partial charge >= 0.3 is 0 Å². The highest BCUT2D eigenvalue weighted by molar-refractivity contribution is 5.06. The molecule has 1 aliphatic rings. The van der Waals surface area contributed by atoms with Gasteiger partial charge < -0.3 is 10.6 Å². The summed E-state index contributed by atoms with van der Waals surface area (Å²) in [7, 11) is 0. The fraction of sp³-hybridized carbons (Fsp3) is 0.786. The summed E-state index contributed by atoms with van der Waals surface area (Å²) < 4.78 is 2.12. The molecule has 0 amide bonds. The Balaban J connectivity index is 1.64. The number of aromatic nitrogens is 2. The summed E-state index contributed by atoms with van der Waals surface area (Å²) >= 11 is 0. The van der Waals surface area contributed by atoms with Gasteiger partial charge in [0.2, 0.25) is 0 Å². The second kappa shape index (κ2) is 6.90. The molecule has 0 aliphatic carbocycles. The summed E-state index contributed by atoms with van der Waals surface area (Å²) in [5.74, 6) is 0. The molecule has 4 nitrogen and oxygen atoms in total. The summed E-state index contributed by atoms with van der Waals surface area (Å²) in [4.78, 5) is 0. The Morgan fingerprint density at radius 1 is 1.39 bits per heavy atom. The molecule has 0 aromatic carbocycles. The molecule has 0 radical (unpaired) electrons. The number of hydrogen-bond donors (Lipinski definition) is 2. The van der Waals surface area contributed by atoms with E-state index >= 15 is 0 Å². The van der Waals surface area contributed by atoms with E-state index in [1.54, 1.807) is 0 Å². The van der Waals surface area contributed by atoms with E-state index in [1.807, 2.05) is 0 Å². The van der Waals surface area contributed by atoms with Crippen LogP contribution < -0.4 is 10.6 Å². The van der Waals surface area contributed by atoms with E-state index in [2.05, 4.69) is 40.3 Å². The van der Waals surface area contributed by atoms with Gasteiger partial charge in [0.05, 0.1) is 5.69 Å². The lowest BCUT2D eigenvalue weighted by molar-refractivity contribution is 0.445. The zero-order valence-electron chi connectivity index (χ0n) is 11.7. The third-order valence-corrected chi connectivity index (χ3v) is 3.66. The van der Waals surface area contributed by atoms with Crippen LogP contribution in [0, 0.1) is 13.8 Å². The Morgan fingerprint density at radius 3 is 3.06 bits per heavy atom. The van der Waals surface area contributed by atoms with Gasteiger partial charge in [-0.2, -0.15) is 5.10 Å². The van der Waals surface area contributed by atoms with Crippen LogP contribution in [0.25, 0.3) is 0 Å². The monoisotopic (exact) mass is 250 g/mol. The van der Waals surface area contributed by atoms with Crippen molar-refractivity contribution in [3.63, 3.8) is 0 Å². The summed E-state index contributed by atoms with van der Waals surface area (Å²) in [6, 6.07) is 2.85. The number of rotatable bonds is 5. The van der Waals surface area contributed by atoms with Crippen molar-refractivity contribution in [2.75, 3.05) is 19.6 Å². The maximum atomic E-state index is 4.49. The van der Waals surface area contributed by atoms with E-state index in [1.165, 1.54) is 31.5 Å². The van der Waals surface area contributed by atoms with Crippen molar-refractivity contribution in [2.24, 2.45) is 0 Å². The normalized spacial score (nSPS) is 20.9. The molecule has 1 saturated heterocycles. The fourth-order valence-electron chi connectivity index (χ4n) is 2.66. The smallest absolute Gasteiger partial charge is 0.0596 e. The minimum Gasteiger partial charge on any atom is -0.317 e. The molecular weight excluding hydrogens is 224 g/mol. The zero-order chi connectivity index (χ0) is 12.8. The summed E-state index contributed by atoms with van der Waals surface area (Å²) in [5.41, 5.74) is 2.39. The van der Waals surface area contributed by atoms with Gasteiger partial charge in [0.25, 0.3) is 0 Å². The van der Waals surface area contributed by atoms with Gasteiger partial charge in [-0.3, -0.25) is 4.68 Å². The molecule has 1 aromatic heterocycles. The van der Waals surface area contributed by atoms with Crippen LogP contribution in [0.1, 0.15) is 37.1 Å². The lowest BCUT2D eigenvalue weighted by atomic mass is 10.1. The quantitative estimate of drug-likeness (QED) is 0.780. The van der Waals surface area contributed by atoms with Crippen molar-refractivity contribution in [2.45, 2.75) is 52.1 Å². The van der Waals surface area contributed by atoms with Gasteiger partial charge in [0.1, 0.15) is 0 Å². The Morgan fingerprint density at radius 2 is 2.28 bits per heavy atom. The number of aryl methyl sites for hydroxylation is 3. The molecule has 1 aromatic rings. The number of nitrogens with zero attached hydrogens (tertiary/aromatic N) is 2. The molecule has 4 heteroatoms. The van der Waals surface area contributed by atoms with Crippen molar-refractivity contribution in [3.05, 3.63) is 17.5 Å². The van der Waals surface area contributed by atoms with Crippen LogP contribution in [0.15, 0.2) is 6.07 Å². The minimum atomic E-state index is 0.709. The van der Waals surface area contributed by atoms with Crippen molar-refractivity contribution < 1.29 is 0 Å². The molecule has 2 N–H and O–H groups in total. The second-order valence-corrected chi connectivity index (χ2v) is 5.34. The van der Waals surface area contributed by atoms with Crippen LogP contribution in [-0.4, -0.2) is 35.5 Å². The standard InChI is InChI=1S/C14H26N4/c1-12-11-13(2)18(17-12)10-4-8-16-14-5-3-7-15-9-6-14/h11,14-16H,3-10H2,1-2H3. The van der Waals surface area contributed by atoms with Gasteiger partial charge in [0, 0.05) is 18.3 Å². The van der Waals surface area contributed by atoms with E-state index in [0.717, 1.165) is 31.7 Å². The molecule has 1 unspecified atom stereocenters. The maximum Gasteiger partial charge on any atom is 0.0596 e. The summed E-state index contributed by atoms with van der Waals surface area (Å²) in [5, 5.41) is 11.6. The second-order valence-electron chi connectivity index (χ2n) is 5.34. The predicted octanol–water partition coefficient (Wildman–Crippen LogP) is 1.62. The zero-order valence-corrected chi connectivity index (χ0v) is 11.7. The van der Waals surface area contributed by atoms with E-state index in [9.17, 15) is 0 Å². The first-order valence-electron chi connectivity index (χ1n) is 7.21. The Kier molecular flexibility index (Phi) is 5.20. The summed E-state index contributed by atoms with van der Waals surface area (Å²) in [6.07, 6.45) is 5.04.